The van der Waals surface area contributed by atoms with Crippen LogP contribution in [0.2, 0.25) is 0 Å². The first kappa shape index (κ1) is 18.2. The molecule has 0 bridgehead atoms. The van der Waals surface area contributed by atoms with Crippen LogP contribution in [0.4, 0.5) is 5.69 Å². The second-order valence-electron chi connectivity index (χ2n) is 6.07. The maximum Gasteiger partial charge on any atom is 0.333 e. The van der Waals surface area contributed by atoms with Gasteiger partial charge in [0.05, 0.1) is 12.8 Å². The van der Waals surface area contributed by atoms with Gasteiger partial charge in [-0.15, -0.1) is 0 Å². The topological polar surface area (TPSA) is 93.2 Å². The number of ether oxygens (including phenoxy) is 1. The van der Waals surface area contributed by atoms with Crippen molar-refractivity contribution in [2.24, 2.45) is 0 Å². The Morgan fingerprint density at radius 2 is 1.74 bits per heavy atom. The molecule has 0 aliphatic carbocycles. The Kier molecular flexibility index (Phi) is 4.94. The van der Waals surface area contributed by atoms with Crippen LogP contribution in [0.25, 0.3) is 5.69 Å². The summed E-state index contributed by atoms with van der Waals surface area (Å²) in [6.45, 7) is 3.73. The van der Waals surface area contributed by atoms with Crippen LogP contribution in [0.5, 0.6) is 5.75 Å². The number of amides is 1. The summed E-state index contributed by atoms with van der Waals surface area (Å²) in [5.74, 6) is -0.102. The molecule has 0 spiro atoms. The minimum absolute atomic E-state index is 0.167. The van der Waals surface area contributed by atoms with E-state index in [2.05, 4.69) is 10.3 Å². The largest absolute Gasteiger partial charge is 0.497 e. The summed E-state index contributed by atoms with van der Waals surface area (Å²) in [6.07, 6.45) is 1.13. The van der Waals surface area contributed by atoms with Gasteiger partial charge in [0.25, 0.3) is 11.5 Å². The molecule has 2 N–H and O–H groups in total. The van der Waals surface area contributed by atoms with E-state index in [9.17, 15) is 14.4 Å². The standard InChI is InChI=1S/C20H19N3O4/c1-12-6-4-7-13(2)17(12)22-18(24)16-11-21-20(26)23(19(16)25)14-8-5-9-15(10-14)27-3/h4-11H,1-3H3,(H,21,26)(H,22,24). The van der Waals surface area contributed by atoms with Crippen molar-refractivity contribution in [3.8, 4) is 11.4 Å². The Morgan fingerprint density at radius 3 is 2.41 bits per heavy atom. The molecule has 3 aromatic rings. The van der Waals surface area contributed by atoms with Crippen LogP contribution in [-0.2, 0) is 0 Å². The number of nitrogens with one attached hydrogen (secondary N) is 2. The minimum atomic E-state index is -0.712. The molecule has 0 saturated carbocycles. The molecule has 3 rings (SSSR count). The zero-order valence-electron chi connectivity index (χ0n) is 15.2. The summed E-state index contributed by atoms with van der Waals surface area (Å²) >= 11 is 0. The number of carbonyl (C=O) groups excluding carboxylic acids is 1. The summed E-state index contributed by atoms with van der Waals surface area (Å²) in [7, 11) is 1.49. The SMILES string of the molecule is COc1cccc(-n2c(=O)[nH]cc(C(=O)Nc3c(C)cccc3C)c2=O)c1. The zero-order valence-corrected chi connectivity index (χ0v) is 15.2. The van der Waals surface area contributed by atoms with Crippen LogP contribution < -0.4 is 21.3 Å². The molecule has 0 aliphatic rings. The van der Waals surface area contributed by atoms with Crippen molar-refractivity contribution in [3.05, 3.63) is 86.2 Å². The average Bonchev–Trinajstić information content (AvgIpc) is 2.65. The fourth-order valence-electron chi connectivity index (χ4n) is 2.81. The van der Waals surface area contributed by atoms with Gasteiger partial charge in [0.15, 0.2) is 0 Å². The molecule has 0 atom stereocenters. The van der Waals surface area contributed by atoms with Crippen molar-refractivity contribution >= 4 is 11.6 Å². The quantitative estimate of drug-likeness (QED) is 0.742. The summed E-state index contributed by atoms with van der Waals surface area (Å²) in [5.41, 5.74) is 1.18. The van der Waals surface area contributed by atoms with E-state index in [4.69, 9.17) is 4.74 Å². The highest BCUT2D eigenvalue weighted by molar-refractivity contribution is 6.04. The molecule has 138 valence electrons. The maximum absolute atomic E-state index is 12.8. The number of aryl methyl sites for hydroxylation is 2. The third kappa shape index (κ3) is 3.52. The van der Waals surface area contributed by atoms with Gasteiger partial charge in [-0.2, -0.15) is 0 Å². The van der Waals surface area contributed by atoms with E-state index in [-0.39, 0.29) is 5.56 Å². The number of rotatable bonds is 4. The van der Waals surface area contributed by atoms with Crippen molar-refractivity contribution in [3.63, 3.8) is 0 Å². The lowest BCUT2D eigenvalue weighted by molar-refractivity contribution is 0.102. The molecule has 2 aromatic carbocycles. The van der Waals surface area contributed by atoms with E-state index in [0.717, 1.165) is 21.9 Å². The monoisotopic (exact) mass is 365 g/mol. The Morgan fingerprint density at radius 1 is 1.07 bits per heavy atom. The fourth-order valence-corrected chi connectivity index (χ4v) is 2.81. The van der Waals surface area contributed by atoms with Gasteiger partial charge in [0, 0.05) is 18.0 Å². The average molecular weight is 365 g/mol. The predicted octanol–water partition coefficient (Wildman–Crippen LogP) is 2.40. The summed E-state index contributed by atoms with van der Waals surface area (Å²) < 4.78 is 6.04. The molecule has 1 heterocycles. The lowest BCUT2D eigenvalue weighted by Crippen LogP contribution is -2.38. The van der Waals surface area contributed by atoms with Crippen molar-refractivity contribution < 1.29 is 9.53 Å². The van der Waals surface area contributed by atoms with Crippen molar-refractivity contribution in [2.75, 3.05) is 12.4 Å². The lowest BCUT2D eigenvalue weighted by atomic mass is 10.1. The lowest BCUT2D eigenvalue weighted by Gasteiger charge is -2.12. The van der Waals surface area contributed by atoms with Gasteiger partial charge in [0.1, 0.15) is 11.3 Å². The first-order valence-electron chi connectivity index (χ1n) is 8.29. The van der Waals surface area contributed by atoms with Gasteiger partial charge in [-0.3, -0.25) is 9.59 Å². The smallest absolute Gasteiger partial charge is 0.333 e. The number of hydrogen-bond acceptors (Lipinski definition) is 4. The van der Waals surface area contributed by atoms with Crippen LogP contribution in [0.3, 0.4) is 0 Å². The number of hydrogen-bond donors (Lipinski definition) is 2. The van der Waals surface area contributed by atoms with Gasteiger partial charge < -0.3 is 15.0 Å². The number of benzene rings is 2. The van der Waals surface area contributed by atoms with E-state index < -0.39 is 17.2 Å². The molecule has 0 saturated heterocycles. The molecule has 7 nitrogen and oxygen atoms in total. The minimum Gasteiger partial charge on any atom is -0.497 e. The Labute approximate surface area is 155 Å². The maximum atomic E-state index is 12.8. The zero-order chi connectivity index (χ0) is 19.6. The Balaban J connectivity index is 2.06. The van der Waals surface area contributed by atoms with Crippen LogP contribution in [0.1, 0.15) is 21.5 Å². The van der Waals surface area contributed by atoms with Gasteiger partial charge in [-0.1, -0.05) is 24.3 Å². The van der Waals surface area contributed by atoms with E-state index in [0.29, 0.717) is 17.1 Å². The number of carbonyl (C=O) groups is 1. The first-order valence-corrected chi connectivity index (χ1v) is 8.29. The highest BCUT2D eigenvalue weighted by atomic mass is 16.5. The van der Waals surface area contributed by atoms with Crippen molar-refractivity contribution in [2.45, 2.75) is 13.8 Å². The van der Waals surface area contributed by atoms with Crippen molar-refractivity contribution in [1.29, 1.82) is 0 Å². The molecule has 1 aromatic heterocycles. The summed E-state index contributed by atoms with van der Waals surface area (Å²) in [5, 5.41) is 2.76. The molecule has 1 amide bonds. The third-order valence-electron chi connectivity index (χ3n) is 4.25. The molecule has 0 unspecified atom stereocenters. The van der Waals surface area contributed by atoms with E-state index in [1.54, 1.807) is 24.3 Å². The number of aromatic amines is 1. The molecule has 0 aliphatic heterocycles. The highest BCUT2D eigenvalue weighted by Crippen LogP contribution is 2.20. The number of aromatic nitrogens is 2. The number of para-hydroxylation sites is 1. The third-order valence-corrected chi connectivity index (χ3v) is 4.25. The van der Waals surface area contributed by atoms with Crippen LogP contribution in [-0.4, -0.2) is 22.6 Å². The van der Waals surface area contributed by atoms with Gasteiger partial charge >= 0.3 is 5.69 Å². The number of H-pyrrole nitrogens is 1. The molecule has 0 radical (unpaired) electrons. The number of nitrogens with zero attached hydrogens (tertiary/aromatic N) is 1. The van der Waals surface area contributed by atoms with E-state index in [1.165, 1.54) is 7.11 Å². The van der Waals surface area contributed by atoms with Crippen molar-refractivity contribution in [1.82, 2.24) is 9.55 Å². The Hall–Kier alpha value is -3.61. The van der Waals surface area contributed by atoms with Gasteiger partial charge in [-0.05, 0) is 37.1 Å². The van der Waals surface area contributed by atoms with Crippen LogP contribution >= 0.6 is 0 Å². The summed E-state index contributed by atoms with van der Waals surface area (Å²) in [4.78, 5) is 40.2. The van der Waals surface area contributed by atoms with Crippen LogP contribution in [0, 0.1) is 13.8 Å². The van der Waals surface area contributed by atoms with Gasteiger partial charge in [0.2, 0.25) is 0 Å². The number of methoxy groups -OCH3 is 1. The van der Waals surface area contributed by atoms with Crippen LogP contribution in [0.15, 0.2) is 58.3 Å². The fraction of sp³-hybridized carbons (Fsp3) is 0.150. The molecule has 0 fully saturated rings. The first-order chi connectivity index (χ1) is 12.9. The Bertz CT molecular complexity index is 1110. The van der Waals surface area contributed by atoms with Gasteiger partial charge in [-0.25, -0.2) is 9.36 Å². The molecule has 27 heavy (non-hydrogen) atoms. The second kappa shape index (κ2) is 7.33. The van der Waals surface area contributed by atoms with E-state index >= 15 is 0 Å². The summed E-state index contributed by atoms with van der Waals surface area (Å²) in [6, 6.07) is 12.1. The van der Waals surface area contributed by atoms with E-state index in [1.807, 2.05) is 32.0 Å². The highest BCUT2D eigenvalue weighted by Gasteiger charge is 2.17. The second-order valence-corrected chi connectivity index (χ2v) is 6.07. The molecular formula is C20H19N3O4. The predicted molar refractivity (Wildman–Crippen MR) is 103 cm³/mol. The number of anilines is 1. The molecular weight excluding hydrogens is 346 g/mol. The molecule has 7 heteroatoms. The normalized spacial score (nSPS) is 10.5.